The summed E-state index contributed by atoms with van der Waals surface area (Å²) in [6.07, 6.45) is 11.9. The number of hydrogen-bond donors (Lipinski definition) is 0. The van der Waals surface area contributed by atoms with E-state index in [4.69, 9.17) is 9.96 Å². The minimum Gasteiger partial charge on any atom is -0.400 e. The summed E-state index contributed by atoms with van der Waals surface area (Å²) in [6.45, 7) is 9.88. The van der Waals surface area contributed by atoms with Crippen molar-refractivity contribution in [1.29, 1.82) is 0 Å². The molecule has 5 heteroatoms. The molecule has 0 aliphatic carbocycles. The van der Waals surface area contributed by atoms with Crippen LogP contribution in [-0.2, 0) is 4.43 Å². The van der Waals surface area contributed by atoms with Crippen LogP contribution in [0.15, 0.2) is 96.1 Å². The summed E-state index contributed by atoms with van der Waals surface area (Å²) in [5.74, 6) is 0. The molecule has 206 valence electrons. The highest BCUT2D eigenvalue weighted by Crippen LogP contribution is 2.41. The fourth-order valence-electron chi connectivity index (χ4n) is 5.35. The van der Waals surface area contributed by atoms with Crippen molar-refractivity contribution in [1.82, 2.24) is 0 Å². The van der Waals surface area contributed by atoms with E-state index in [0.29, 0.717) is 6.54 Å². The zero-order chi connectivity index (χ0) is 28.0. The highest BCUT2D eigenvalue weighted by molar-refractivity contribution is 6.99. The molecule has 0 radical (unpaired) electrons. The van der Waals surface area contributed by atoms with Crippen molar-refractivity contribution >= 4 is 24.8 Å². The first-order valence-corrected chi connectivity index (χ1v) is 16.4. The van der Waals surface area contributed by atoms with Crippen molar-refractivity contribution in [2.75, 3.05) is 6.54 Å². The Morgan fingerprint density at radius 3 is 2.13 bits per heavy atom. The first-order chi connectivity index (χ1) is 18.9. The first kappa shape index (κ1) is 30.4. The van der Waals surface area contributed by atoms with Gasteiger partial charge in [0.2, 0.25) is 0 Å². The zero-order valence-corrected chi connectivity index (χ0v) is 25.2. The van der Waals surface area contributed by atoms with E-state index in [0.717, 1.165) is 32.1 Å². The van der Waals surface area contributed by atoms with E-state index >= 15 is 0 Å². The van der Waals surface area contributed by atoms with Gasteiger partial charge in [-0.3, -0.25) is 0 Å². The van der Waals surface area contributed by atoms with Gasteiger partial charge in [-0.1, -0.05) is 143 Å². The normalized spacial score (nSPS) is 12.8. The van der Waals surface area contributed by atoms with Crippen LogP contribution in [0.3, 0.4) is 0 Å². The Kier molecular flexibility index (Phi) is 12.1. The summed E-state index contributed by atoms with van der Waals surface area (Å²) in [4.78, 5) is 2.83. The average molecular weight is 540 g/mol. The fraction of sp³-hybridized carbons (Fsp3) is 0.412. The van der Waals surface area contributed by atoms with Crippen molar-refractivity contribution in [2.45, 2.75) is 83.8 Å². The predicted octanol–water partition coefficient (Wildman–Crippen LogP) is 9.38. The molecule has 3 aromatic rings. The molecule has 0 aliphatic heterocycles. The van der Waals surface area contributed by atoms with E-state index in [1.54, 1.807) is 0 Å². The molecule has 0 aliphatic rings. The van der Waals surface area contributed by atoms with Gasteiger partial charge < -0.3 is 4.43 Å². The highest BCUT2D eigenvalue weighted by atomic mass is 28.4. The molecule has 3 aromatic carbocycles. The Morgan fingerprint density at radius 1 is 0.872 bits per heavy atom. The van der Waals surface area contributed by atoms with Crippen LogP contribution >= 0.6 is 0 Å². The van der Waals surface area contributed by atoms with E-state index in [1.807, 2.05) is 0 Å². The molecule has 0 N–H and O–H groups in total. The van der Waals surface area contributed by atoms with Gasteiger partial charge in [-0.25, -0.2) is 0 Å². The van der Waals surface area contributed by atoms with Gasteiger partial charge in [0.05, 0.1) is 6.10 Å². The molecule has 0 bridgehead atoms. The van der Waals surface area contributed by atoms with Crippen LogP contribution < -0.4 is 10.4 Å². The highest BCUT2D eigenvalue weighted by Gasteiger charge is 2.51. The molecule has 0 aromatic heterocycles. The van der Waals surface area contributed by atoms with E-state index in [-0.39, 0.29) is 11.1 Å². The number of nitrogens with zero attached hydrogens (tertiary/aromatic N) is 3. The second-order valence-electron chi connectivity index (χ2n) is 11.3. The van der Waals surface area contributed by atoms with Gasteiger partial charge in [-0.05, 0) is 63.8 Å². The van der Waals surface area contributed by atoms with Gasteiger partial charge >= 0.3 is 0 Å². The monoisotopic (exact) mass is 539 g/mol. The molecule has 0 heterocycles. The average Bonchev–Trinajstić information content (AvgIpc) is 2.95. The lowest BCUT2D eigenvalue weighted by Gasteiger charge is -2.45. The minimum atomic E-state index is -2.67. The lowest BCUT2D eigenvalue weighted by atomic mass is 10.0. The van der Waals surface area contributed by atoms with Crippen LogP contribution in [0.4, 0.5) is 0 Å². The standard InChI is InChI=1S/C34H45N3OSi/c1-5-6-11-26-33(30-21-18-20-29(28-30)19-12-7-8-17-27-36-37-35)38-39(34(2,3)4,31-22-13-9-14-23-31)32-24-15-10-16-25-32/h9-10,12-16,18-25,28,33H,5-8,11,17,26-27H2,1-4H3. The Hall–Kier alpha value is -3.11. The molecule has 4 nitrogen and oxygen atoms in total. The summed E-state index contributed by atoms with van der Waals surface area (Å²) in [7, 11) is -2.67. The largest absolute Gasteiger partial charge is 0.400 e. The number of allylic oxidation sites excluding steroid dienone is 1. The topological polar surface area (TPSA) is 58.0 Å². The van der Waals surface area contributed by atoms with Gasteiger partial charge in [0, 0.05) is 11.5 Å². The van der Waals surface area contributed by atoms with Crippen LogP contribution in [0.5, 0.6) is 0 Å². The fourth-order valence-corrected chi connectivity index (χ4v) is 10.0. The van der Waals surface area contributed by atoms with Crippen LogP contribution in [0.2, 0.25) is 5.04 Å². The second-order valence-corrected chi connectivity index (χ2v) is 15.5. The van der Waals surface area contributed by atoms with Crippen molar-refractivity contribution in [3.05, 3.63) is 113 Å². The Morgan fingerprint density at radius 2 is 1.54 bits per heavy atom. The van der Waals surface area contributed by atoms with Crippen LogP contribution in [0, 0.1) is 0 Å². The number of rotatable bonds is 15. The number of hydrogen-bond acceptors (Lipinski definition) is 2. The SMILES string of the molecule is CCCCCC(O[Si](c1ccccc1)(c1ccccc1)C(C)(C)C)c1cccc(C=CCCCCN=[N+]=[N-])c1. The zero-order valence-electron chi connectivity index (χ0n) is 24.2. The molecule has 0 amide bonds. The van der Waals surface area contributed by atoms with E-state index in [1.165, 1.54) is 34.3 Å². The van der Waals surface area contributed by atoms with Crippen molar-refractivity contribution < 1.29 is 4.43 Å². The van der Waals surface area contributed by atoms with Crippen LogP contribution in [-0.4, -0.2) is 14.9 Å². The maximum Gasteiger partial charge on any atom is 0.261 e. The summed E-state index contributed by atoms with van der Waals surface area (Å²) in [6, 6.07) is 30.8. The molecular weight excluding hydrogens is 494 g/mol. The molecular formula is C34H45N3OSi. The molecule has 0 saturated heterocycles. The number of unbranched alkanes of at least 4 members (excludes halogenated alkanes) is 4. The van der Waals surface area contributed by atoms with Crippen molar-refractivity contribution in [3.8, 4) is 0 Å². The molecule has 0 saturated carbocycles. The van der Waals surface area contributed by atoms with Crippen molar-refractivity contribution in [3.63, 3.8) is 0 Å². The number of benzene rings is 3. The minimum absolute atomic E-state index is 0.0139. The number of azide groups is 1. The van der Waals surface area contributed by atoms with Gasteiger partial charge in [-0.15, -0.1) is 0 Å². The van der Waals surface area contributed by atoms with E-state index in [9.17, 15) is 0 Å². The third-order valence-electron chi connectivity index (χ3n) is 7.34. The summed E-state index contributed by atoms with van der Waals surface area (Å²) >= 11 is 0. The van der Waals surface area contributed by atoms with Gasteiger partial charge in [-0.2, -0.15) is 0 Å². The molecule has 1 unspecified atom stereocenters. The van der Waals surface area contributed by atoms with Gasteiger partial charge in [0.15, 0.2) is 0 Å². The predicted molar refractivity (Wildman–Crippen MR) is 169 cm³/mol. The lowest BCUT2D eigenvalue weighted by Crippen LogP contribution is -2.66. The van der Waals surface area contributed by atoms with Gasteiger partial charge in [0.1, 0.15) is 0 Å². The molecule has 39 heavy (non-hydrogen) atoms. The maximum atomic E-state index is 8.44. The molecule has 3 rings (SSSR count). The summed E-state index contributed by atoms with van der Waals surface area (Å²) in [5, 5.41) is 6.20. The smallest absolute Gasteiger partial charge is 0.261 e. The quantitative estimate of drug-likeness (QED) is 0.0624. The Labute approximate surface area is 236 Å². The second kappa shape index (κ2) is 15.5. The van der Waals surface area contributed by atoms with E-state index < -0.39 is 8.32 Å². The van der Waals surface area contributed by atoms with Crippen LogP contribution in [0.25, 0.3) is 16.5 Å². The Balaban J connectivity index is 1.99. The third kappa shape index (κ3) is 8.43. The summed E-state index contributed by atoms with van der Waals surface area (Å²) < 4.78 is 7.62. The Bertz CT molecular complexity index is 1160. The van der Waals surface area contributed by atoms with Crippen LogP contribution in [0.1, 0.15) is 89.9 Å². The maximum absolute atomic E-state index is 8.44. The molecule has 1 atom stereocenters. The van der Waals surface area contributed by atoms with Gasteiger partial charge in [0.25, 0.3) is 8.32 Å². The van der Waals surface area contributed by atoms with Crippen molar-refractivity contribution in [2.24, 2.45) is 5.11 Å². The van der Waals surface area contributed by atoms with E-state index in [2.05, 4.69) is 135 Å². The molecule has 0 fully saturated rings. The first-order valence-electron chi connectivity index (χ1n) is 14.5. The molecule has 0 spiro atoms. The lowest BCUT2D eigenvalue weighted by molar-refractivity contribution is 0.176. The summed E-state index contributed by atoms with van der Waals surface area (Å²) in [5.41, 5.74) is 10.9. The third-order valence-corrected chi connectivity index (χ3v) is 12.4.